The van der Waals surface area contributed by atoms with Crippen molar-refractivity contribution in [1.29, 1.82) is 0 Å². The summed E-state index contributed by atoms with van der Waals surface area (Å²) in [5, 5.41) is 3.63. The standard InChI is InChI=1S/C20H17Cl2N3O/c1-25(13-14-5-3-2-4-6-14)17-9-15(11-23-12-17)20(26)24-16-7-8-18(21)19(22)10-16/h2-12H,13H2,1H3,(H,24,26). The van der Waals surface area contributed by atoms with Gasteiger partial charge in [0.1, 0.15) is 0 Å². The molecule has 1 aromatic heterocycles. The smallest absolute Gasteiger partial charge is 0.257 e. The summed E-state index contributed by atoms with van der Waals surface area (Å²) in [4.78, 5) is 18.7. The molecule has 3 aromatic rings. The number of halogens is 2. The lowest BCUT2D eigenvalue weighted by atomic mass is 10.2. The number of amides is 1. The van der Waals surface area contributed by atoms with E-state index in [9.17, 15) is 4.79 Å². The summed E-state index contributed by atoms with van der Waals surface area (Å²) in [5.41, 5.74) is 3.08. The lowest BCUT2D eigenvalue weighted by Gasteiger charge is -2.19. The highest BCUT2D eigenvalue weighted by Gasteiger charge is 2.11. The molecule has 0 unspecified atom stereocenters. The van der Waals surface area contributed by atoms with Crippen LogP contribution >= 0.6 is 23.2 Å². The van der Waals surface area contributed by atoms with Gasteiger partial charge in [-0.1, -0.05) is 53.5 Å². The van der Waals surface area contributed by atoms with Gasteiger partial charge < -0.3 is 10.2 Å². The lowest BCUT2D eigenvalue weighted by Crippen LogP contribution is -2.18. The van der Waals surface area contributed by atoms with Crippen LogP contribution in [0, 0.1) is 0 Å². The van der Waals surface area contributed by atoms with Gasteiger partial charge in [0.25, 0.3) is 5.91 Å². The summed E-state index contributed by atoms with van der Waals surface area (Å²) in [6, 6.07) is 16.9. The van der Waals surface area contributed by atoms with Crippen LogP contribution in [0.4, 0.5) is 11.4 Å². The van der Waals surface area contributed by atoms with Gasteiger partial charge in [-0.25, -0.2) is 0 Å². The fraction of sp³-hybridized carbons (Fsp3) is 0.100. The molecule has 2 aromatic carbocycles. The van der Waals surface area contributed by atoms with Gasteiger partial charge in [0.05, 0.1) is 27.5 Å². The van der Waals surface area contributed by atoms with Crippen LogP contribution in [0.2, 0.25) is 10.0 Å². The Morgan fingerprint density at radius 3 is 2.54 bits per heavy atom. The topological polar surface area (TPSA) is 45.2 Å². The zero-order chi connectivity index (χ0) is 18.5. The largest absolute Gasteiger partial charge is 0.369 e. The van der Waals surface area contributed by atoms with Crippen LogP contribution in [-0.2, 0) is 6.54 Å². The van der Waals surface area contributed by atoms with Crippen LogP contribution in [0.25, 0.3) is 0 Å². The first kappa shape index (κ1) is 18.2. The third-order valence-corrected chi connectivity index (χ3v) is 4.61. The first-order valence-corrected chi connectivity index (χ1v) is 8.75. The molecule has 0 spiro atoms. The molecular weight excluding hydrogens is 369 g/mol. The number of nitrogens with one attached hydrogen (secondary N) is 1. The van der Waals surface area contributed by atoms with Crippen molar-refractivity contribution in [2.45, 2.75) is 6.54 Å². The molecule has 4 nitrogen and oxygen atoms in total. The SMILES string of the molecule is CN(Cc1ccccc1)c1cncc(C(=O)Nc2ccc(Cl)c(Cl)c2)c1. The number of carbonyl (C=O) groups is 1. The fourth-order valence-corrected chi connectivity index (χ4v) is 2.78. The predicted molar refractivity (Wildman–Crippen MR) is 107 cm³/mol. The van der Waals surface area contributed by atoms with Crippen molar-refractivity contribution in [3.05, 3.63) is 88.2 Å². The van der Waals surface area contributed by atoms with E-state index in [0.717, 1.165) is 12.2 Å². The minimum atomic E-state index is -0.258. The molecule has 0 saturated heterocycles. The molecular formula is C20H17Cl2N3O. The summed E-state index contributed by atoms with van der Waals surface area (Å²) < 4.78 is 0. The van der Waals surface area contributed by atoms with Crippen LogP contribution in [0.15, 0.2) is 67.0 Å². The normalized spacial score (nSPS) is 10.4. The average molecular weight is 386 g/mol. The molecule has 0 saturated carbocycles. The Labute approximate surface area is 162 Å². The summed E-state index contributed by atoms with van der Waals surface area (Å²) >= 11 is 11.9. The number of anilines is 2. The zero-order valence-electron chi connectivity index (χ0n) is 14.1. The van der Waals surface area contributed by atoms with Crippen LogP contribution in [0.3, 0.4) is 0 Å². The Balaban J connectivity index is 1.73. The van der Waals surface area contributed by atoms with Crippen LogP contribution < -0.4 is 10.2 Å². The van der Waals surface area contributed by atoms with Crippen molar-refractivity contribution in [3.8, 4) is 0 Å². The number of hydrogen-bond donors (Lipinski definition) is 1. The fourth-order valence-electron chi connectivity index (χ4n) is 2.49. The molecule has 0 radical (unpaired) electrons. The number of carbonyl (C=O) groups excluding carboxylic acids is 1. The first-order chi connectivity index (χ1) is 12.5. The predicted octanol–water partition coefficient (Wildman–Crippen LogP) is 5.28. The molecule has 26 heavy (non-hydrogen) atoms. The summed E-state index contributed by atoms with van der Waals surface area (Å²) in [7, 11) is 1.96. The van der Waals surface area contributed by atoms with Crippen LogP contribution in [-0.4, -0.2) is 17.9 Å². The van der Waals surface area contributed by atoms with E-state index in [1.165, 1.54) is 11.8 Å². The van der Waals surface area contributed by atoms with E-state index in [1.807, 2.05) is 36.2 Å². The third-order valence-electron chi connectivity index (χ3n) is 3.87. The molecule has 1 N–H and O–H groups in total. The molecule has 0 fully saturated rings. The number of hydrogen-bond acceptors (Lipinski definition) is 3. The molecule has 0 atom stereocenters. The van der Waals surface area contributed by atoms with Gasteiger partial charge in [0.15, 0.2) is 0 Å². The summed E-state index contributed by atoms with van der Waals surface area (Å²) in [6.07, 6.45) is 3.27. The molecule has 0 bridgehead atoms. The van der Waals surface area contributed by atoms with Gasteiger partial charge in [-0.15, -0.1) is 0 Å². The molecule has 132 valence electrons. The molecule has 1 amide bonds. The average Bonchev–Trinajstić information content (AvgIpc) is 2.65. The van der Waals surface area contributed by atoms with Crippen molar-refractivity contribution in [2.24, 2.45) is 0 Å². The van der Waals surface area contributed by atoms with Crippen molar-refractivity contribution in [3.63, 3.8) is 0 Å². The molecule has 1 heterocycles. The number of rotatable bonds is 5. The number of nitrogens with zero attached hydrogens (tertiary/aromatic N) is 2. The Morgan fingerprint density at radius 1 is 1.04 bits per heavy atom. The molecule has 0 aliphatic carbocycles. The number of pyridine rings is 1. The Morgan fingerprint density at radius 2 is 1.81 bits per heavy atom. The van der Waals surface area contributed by atoms with E-state index in [1.54, 1.807) is 24.4 Å². The number of benzene rings is 2. The van der Waals surface area contributed by atoms with Crippen molar-refractivity contribution >= 4 is 40.5 Å². The third kappa shape index (κ3) is 4.54. The van der Waals surface area contributed by atoms with Crippen LogP contribution in [0.5, 0.6) is 0 Å². The van der Waals surface area contributed by atoms with Crippen molar-refractivity contribution < 1.29 is 4.79 Å². The van der Waals surface area contributed by atoms with Crippen molar-refractivity contribution in [2.75, 3.05) is 17.3 Å². The highest BCUT2D eigenvalue weighted by molar-refractivity contribution is 6.42. The van der Waals surface area contributed by atoms with Gasteiger partial charge in [-0.2, -0.15) is 0 Å². The molecule has 0 aliphatic heterocycles. The molecule has 3 rings (SSSR count). The highest BCUT2D eigenvalue weighted by atomic mass is 35.5. The Bertz CT molecular complexity index is 916. The Hall–Kier alpha value is -2.56. The van der Waals surface area contributed by atoms with E-state index >= 15 is 0 Å². The minimum absolute atomic E-state index is 0.258. The monoisotopic (exact) mass is 385 g/mol. The first-order valence-electron chi connectivity index (χ1n) is 7.99. The zero-order valence-corrected chi connectivity index (χ0v) is 15.6. The van der Waals surface area contributed by atoms with Gasteiger partial charge in [0, 0.05) is 25.5 Å². The second-order valence-corrected chi connectivity index (χ2v) is 6.67. The minimum Gasteiger partial charge on any atom is -0.369 e. The summed E-state index contributed by atoms with van der Waals surface area (Å²) in [6.45, 7) is 0.723. The Kier molecular flexibility index (Phi) is 5.76. The van der Waals surface area contributed by atoms with E-state index in [4.69, 9.17) is 23.2 Å². The van der Waals surface area contributed by atoms with Crippen LogP contribution in [0.1, 0.15) is 15.9 Å². The van der Waals surface area contributed by atoms with Crippen molar-refractivity contribution in [1.82, 2.24) is 4.98 Å². The van der Waals surface area contributed by atoms with E-state index < -0.39 is 0 Å². The van der Waals surface area contributed by atoms with E-state index in [-0.39, 0.29) is 5.91 Å². The summed E-state index contributed by atoms with van der Waals surface area (Å²) in [5.74, 6) is -0.258. The highest BCUT2D eigenvalue weighted by Crippen LogP contribution is 2.25. The molecule has 0 aliphatic rings. The molecule has 6 heteroatoms. The lowest BCUT2D eigenvalue weighted by molar-refractivity contribution is 0.102. The second-order valence-electron chi connectivity index (χ2n) is 5.86. The maximum atomic E-state index is 12.5. The van der Waals surface area contributed by atoms with Gasteiger partial charge in [-0.05, 0) is 29.8 Å². The maximum Gasteiger partial charge on any atom is 0.257 e. The number of aromatic nitrogens is 1. The van der Waals surface area contributed by atoms with Gasteiger partial charge in [-0.3, -0.25) is 9.78 Å². The van der Waals surface area contributed by atoms with E-state index in [2.05, 4.69) is 22.4 Å². The van der Waals surface area contributed by atoms with Gasteiger partial charge in [0.2, 0.25) is 0 Å². The van der Waals surface area contributed by atoms with E-state index in [0.29, 0.717) is 21.3 Å². The van der Waals surface area contributed by atoms with Gasteiger partial charge >= 0.3 is 0 Å². The second kappa shape index (κ2) is 8.21. The quantitative estimate of drug-likeness (QED) is 0.649. The maximum absolute atomic E-state index is 12.5.